The summed E-state index contributed by atoms with van der Waals surface area (Å²) in [6.07, 6.45) is 3.32. The molecule has 154 valence electrons. The molecule has 2 heterocycles. The Morgan fingerprint density at radius 1 is 1.13 bits per heavy atom. The van der Waals surface area contributed by atoms with Crippen LogP contribution in [0.15, 0.2) is 42.5 Å². The topological polar surface area (TPSA) is 70.3 Å². The predicted molar refractivity (Wildman–Crippen MR) is 119 cm³/mol. The summed E-state index contributed by atoms with van der Waals surface area (Å²) in [6.45, 7) is 4.43. The molecular formula is C24H26N4O2. The molecule has 1 aromatic heterocycles. The Morgan fingerprint density at radius 2 is 1.87 bits per heavy atom. The van der Waals surface area contributed by atoms with Gasteiger partial charge in [0.05, 0.1) is 23.9 Å². The van der Waals surface area contributed by atoms with E-state index in [-0.39, 0.29) is 6.03 Å². The van der Waals surface area contributed by atoms with Crippen LogP contribution in [0.5, 0.6) is 5.75 Å². The van der Waals surface area contributed by atoms with Gasteiger partial charge in [0.15, 0.2) is 0 Å². The van der Waals surface area contributed by atoms with E-state index in [4.69, 9.17) is 4.74 Å². The molecule has 1 aliphatic heterocycles. The zero-order chi connectivity index (χ0) is 21.1. The number of anilines is 1. The number of ether oxygens (including phenoxy) is 1. The van der Waals surface area contributed by atoms with Gasteiger partial charge in [0.1, 0.15) is 11.8 Å². The molecule has 30 heavy (non-hydrogen) atoms. The number of hydrogen-bond acceptors (Lipinski definition) is 3. The van der Waals surface area contributed by atoms with E-state index in [0.29, 0.717) is 5.56 Å². The molecule has 4 rings (SSSR count). The maximum absolute atomic E-state index is 12.5. The van der Waals surface area contributed by atoms with Gasteiger partial charge in [0.25, 0.3) is 0 Å². The molecule has 0 bridgehead atoms. The van der Waals surface area contributed by atoms with Crippen LogP contribution in [0.25, 0.3) is 22.2 Å². The maximum Gasteiger partial charge on any atom is 0.321 e. The van der Waals surface area contributed by atoms with Crippen molar-refractivity contribution in [3.05, 3.63) is 48.0 Å². The van der Waals surface area contributed by atoms with Crippen molar-refractivity contribution in [2.24, 2.45) is 0 Å². The van der Waals surface area contributed by atoms with Crippen LogP contribution in [-0.4, -0.2) is 35.7 Å². The molecule has 1 saturated heterocycles. The summed E-state index contributed by atoms with van der Waals surface area (Å²) in [7, 11) is 1.64. The van der Waals surface area contributed by atoms with Crippen molar-refractivity contribution in [3.63, 3.8) is 0 Å². The van der Waals surface area contributed by atoms with E-state index in [1.807, 2.05) is 47.4 Å². The molecular weight excluding hydrogens is 376 g/mol. The minimum atomic E-state index is -0.0464. The van der Waals surface area contributed by atoms with Gasteiger partial charge in [-0.05, 0) is 56.0 Å². The molecule has 6 nitrogen and oxygen atoms in total. The first-order chi connectivity index (χ1) is 14.7. The van der Waals surface area contributed by atoms with Gasteiger partial charge in [-0.3, -0.25) is 0 Å². The van der Waals surface area contributed by atoms with E-state index in [0.717, 1.165) is 66.1 Å². The van der Waals surface area contributed by atoms with Gasteiger partial charge in [-0.2, -0.15) is 5.26 Å². The number of fused-ring (bicyclic) bond motifs is 1. The second-order valence-electron chi connectivity index (χ2n) is 7.52. The summed E-state index contributed by atoms with van der Waals surface area (Å²) in [5.41, 5.74) is 4.22. The monoisotopic (exact) mass is 402 g/mol. The lowest BCUT2D eigenvalue weighted by atomic mass is 10.1. The van der Waals surface area contributed by atoms with E-state index in [1.54, 1.807) is 7.11 Å². The number of piperidine rings is 1. The van der Waals surface area contributed by atoms with Crippen molar-refractivity contribution < 1.29 is 9.53 Å². The number of carbonyl (C=O) groups excluding carboxylic acids is 1. The van der Waals surface area contributed by atoms with Crippen LogP contribution in [0.3, 0.4) is 0 Å². The SMILES string of the molecule is CCn1c(-c2ccc(NC(=O)N3CCCCC3)cc2)c(C#N)c2ccc(OC)cc21. The molecule has 2 aromatic carbocycles. The Morgan fingerprint density at radius 3 is 2.50 bits per heavy atom. The number of urea groups is 1. The Bertz CT molecular complexity index is 1100. The standard InChI is InChI=1S/C24H26N4O2/c1-3-28-22-15-19(30-2)11-12-20(22)21(16-25)23(28)17-7-9-18(10-8-17)26-24(29)27-13-5-4-6-14-27/h7-12,15H,3-6,13-14H2,1-2H3,(H,26,29). The summed E-state index contributed by atoms with van der Waals surface area (Å²) in [5.74, 6) is 0.765. The number of aromatic nitrogens is 1. The van der Waals surface area contributed by atoms with Crippen molar-refractivity contribution in [2.45, 2.75) is 32.7 Å². The second-order valence-corrected chi connectivity index (χ2v) is 7.52. The lowest BCUT2D eigenvalue weighted by Crippen LogP contribution is -2.38. The minimum Gasteiger partial charge on any atom is -0.497 e. The highest BCUT2D eigenvalue weighted by Gasteiger charge is 2.19. The molecule has 0 saturated carbocycles. The molecule has 1 N–H and O–H groups in total. The van der Waals surface area contributed by atoms with Crippen molar-refractivity contribution in [3.8, 4) is 23.1 Å². The van der Waals surface area contributed by atoms with E-state index in [1.165, 1.54) is 6.42 Å². The smallest absolute Gasteiger partial charge is 0.321 e. The minimum absolute atomic E-state index is 0.0464. The summed E-state index contributed by atoms with van der Waals surface area (Å²) in [6, 6.07) is 15.8. The second kappa shape index (κ2) is 8.50. The Kier molecular flexibility index (Phi) is 5.62. The molecule has 1 aliphatic rings. The fourth-order valence-electron chi connectivity index (χ4n) is 4.21. The van der Waals surface area contributed by atoms with Crippen LogP contribution in [0.4, 0.5) is 10.5 Å². The first-order valence-corrected chi connectivity index (χ1v) is 10.4. The van der Waals surface area contributed by atoms with Crippen LogP contribution in [-0.2, 0) is 6.54 Å². The van der Waals surface area contributed by atoms with E-state index in [9.17, 15) is 10.1 Å². The van der Waals surface area contributed by atoms with Crippen molar-refractivity contribution in [1.82, 2.24) is 9.47 Å². The van der Waals surface area contributed by atoms with Crippen LogP contribution < -0.4 is 10.1 Å². The van der Waals surface area contributed by atoms with E-state index in [2.05, 4.69) is 22.9 Å². The van der Waals surface area contributed by atoms with Crippen LogP contribution >= 0.6 is 0 Å². The Labute approximate surface area is 176 Å². The lowest BCUT2D eigenvalue weighted by molar-refractivity contribution is 0.200. The van der Waals surface area contributed by atoms with Gasteiger partial charge in [-0.1, -0.05) is 12.1 Å². The normalized spacial score (nSPS) is 13.8. The third kappa shape index (κ3) is 3.59. The van der Waals surface area contributed by atoms with Crippen LogP contribution in [0, 0.1) is 11.3 Å². The van der Waals surface area contributed by atoms with Gasteiger partial charge in [0, 0.05) is 36.8 Å². The average molecular weight is 402 g/mol. The molecule has 0 atom stereocenters. The van der Waals surface area contributed by atoms with Gasteiger partial charge < -0.3 is 19.5 Å². The lowest BCUT2D eigenvalue weighted by Gasteiger charge is -2.26. The van der Waals surface area contributed by atoms with Gasteiger partial charge in [0.2, 0.25) is 0 Å². The molecule has 0 spiro atoms. The Balaban J connectivity index is 1.67. The highest BCUT2D eigenvalue weighted by Crippen LogP contribution is 2.35. The number of likely N-dealkylation sites (tertiary alicyclic amines) is 1. The van der Waals surface area contributed by atoms with Crippen molar-refractivity contribution >= 4 is 22.6 Å². The molecule has 0 radical (unpaired) electrons. The molecule has 0 unspecified atom stereocenters. The summed E-state index contributed by atoms with van der Waals surface area (Å²) in [5, 5.41) is 13.8. The molecule has 0 aliphatic carbocycles. The average Bonchev–Trinajstić information content (AvgIpc) is 3.12. The largest absolute Gasteiger partial charge is 0.497 e. The third-order valence-corrected chi connectivity index (χ3v) is 5.75. The summed E-state index contributed by atoms with van der Waals surface area (Å²) in [4.78, 5) is 14.3. The number of benzene rings is 2. The first kappa shape index (κ1) is 19.8. The van der Waals surface area contributed by atoms with Gasteiger partial charge in [-0.15, -0.1) is 0 Å². The molecule has 6 heteroatoms. The molecule has 1 fully saturated rings. The maximum atomic E-state index is 12.5. The fourth-order valence-corrected chi connectivity index (χ4v) is 4.21. The number of amides is 2. The number of nitriles is 1. The zero-order valence-electron chi connectivity index (χ0n) is 17.4. The van der Waals surface area contributed by atoms with Crippen molar-refractivity contribution in [1.29, 1.82) is 5.26 Å². The predicted octanol–water partition coefficient (Wildman–Crippen LogP) is 5.23. The van der Waals surface area contributed by atoms with Crippen molar-refractivity contribution in [2.75, 3.05) is 25.5 Å². The molecule has 2 amide bonds. The number of nitrogens with zero attached hydrogens (tertiary/aromatic N) is 3. The fraction of sp³-hybridized carbons (Fsp3) is 0.333. The van der Waals surface area contributed by atoms with E-state index < -0.39 is 0 Å². The number of carbonyl (C=O) groups is 1. The zero-order valence-corrected chi connectivity index (χ0v) is 17.4. The first-order valence-electron chi connectivity index (χ1n) is 10.4. The van der Waals surface area contributed by atoms with Gasteiger partial charge in [-0.25, -0.2) is 4.79 Å². The van der Waals surface area contributed by atoms with Crippen LogP contribution in [0.1, 0.15) is 31.7 Å². The summed E-state index contributed by atoms with van der Waals surface area (Å²) < 4.78 is 7.51. The van der Waals surface area contributed by atoms with Crippen LogP contribution in [0.2, 0.25) is 0 Å². The number of rotatable bonds is 4. The quantitative estimate of drug-likeness (QED) is 0.650. The summed E-state index contributed by atoms with van der Waals surface area (Å²) >= 11 is 0. The number of hydrogen-bond donors (Lipinski definition) is 1. The number of aryl methyl sites for hydroxylation is 1. The van der Waals surface area contributed by atoms with E-state index >= 15 is 0 Å². The third-order valence-electron chi connectivity index (χ3n) is 5.75. The molecule has 3 aromatic rings. The van der Waals surface area contributed by atoms with Gasteiger partial charge >= 0.3 is 6.03 Å². The highest BCUT2D eigenvalue weighted by molar-refractivity contribution is 5.96. The Hall–Kier alpha value is -3.46. The highest BCUT2D eigenvalue weighted by atomic mass is 16.5. The number of methoxy groups -OCH3 is 1. The number of nitrogens with one attached hydrogen (secondary N) is 1.